The number of hydrogen-bond donors (Lipinski definition) is 2. The van der Waals surface area contributed by atoms with E-state index < -0.39 is 6.03 Å². The summed E-state index contributed by atoms with van der Waals surface area (Å²) >= 11 is 1.66. The second-order valence-corrected chi connectivity index (χ2v) is 6.67. The van der Waals surface area contributed by atoms with E-state index in [1.165, 1.54) is 4.88 Å². The Kier molecular flexibility index (Phi) is 6.16. The lowest BCUT2D eigenvalue weighted by Crippen LogP contribution is -2.50. The number of imide groups is 1. The zero-order valence-electron chi connectivity index (χ0n) is 12.5. The molecule has 1 rings (SSSR count). The second-order valence-electron chi connectivity index (χ2n) is 5.63. The van der Waals surface area contributed by atoms with Crippen molar-refractivity contribution < 1.29 is 9.59 Å². The van der Waals surface area contributed by atoms with Gasteiger partial charge < -0.3 is 5.32 Å². The minimum absolute atomic E-state index is 0.214. The Morgan fingerprint density at radius 3 is 2.55 bits per heavy atom. The first-order valence-electron chi connectivity index (χ1n) is 6.67. The Labute approximate surface area is 124 Å². The molecule has 0 radical (unpaired) electrons. The number of likely N-dealkylation sites (N-methyl/N-ethyl adjacent to an activating group) is 1. The molecule has 6 heteroatoms. The normalized spacial score (nSPS) is 11.4. The van der Waals surface area contributed by atoms with Crippen molar-refractivity contribution in [3.05, 3.63) is 22.4 Å². The molecule has 0 bridgehead atoms. The first-order chi connectivity index (χ1) is 9.30. The summed E-state index contributed by atoms with van der Waals surface area (Å²) in [5, 5.41) is 7.07. The van der Waals surface area contributed by atoms with Crippen LogP contribution in [-0.4, -0.2) is 35.5 Å². The monoisotopic (exact) mass is 297 g/mol. The van der Waals surface area contributed by atoms with Crippen LogP contribution in [0.4, 0.5) is 4.79 Å². The van der Waals surface area contributed by atoms with E-state index in [0.29, 0.717) is 0 Å². The van der Waals surface area contributed by atoms with E-state index in [9.17, 15) is 9.59 Å². The Hall–Kier alpha value is -1.40. The molecule has 1 heterocycles. The molecule has 0 aliphatic heterocycles. The molecule has 0 saturated heterocycles. The zero-order chi connectivity index (χ0) is 15.2. The van der Waals surface area contributed by atoms with Crippen LogP contribution in [0.15, 0.2) is 17.5 Å². The lowest BCUT2D eigenvalue weighted by molar-refractivity contribution is -0.121. The molecule has 5 nitrogen and oxygen atoms in total. The smallest absolute Gasteiger partial charge is 0.321 e. The number of carbonyl (C=O) groups excluding carboxylic acids is 2. The summed E-state index contributed by atoms with van der Waals surface area (Å²) in [6, 6.07) is 3.58. The van der Waals surface area contributed by atoms with Crippen molar-refractivity contribution in [3.63, 3.8) is 0 Å². The number of thiophene rings is 1. The number of amides is 3. The van der Waals surface area contributed by atoms with Gasteiger partial charge in [-0.2, -0.15) is 0 Å². The highest BCUT2D eigenvalue weighted by molar-refractivity contribution is 7.09. The van der Waals surface area contributed by atoms with Gasteiger partial charge in [-0.25, -0.2) is 4.79 Å². The van der Waals surface area contributed by atoms with Crippen LogP contribution in [0.3, 0.4) is 0 Å². The topological polar surface area (TPSA) is 61.4 Å². The average molecular weight is 297 g/mol. The highest BCUT2D eigenvalue weighted by Crippen LogP contribution is 2.11. The van der Waals surface area contributed by atoms with Crippen molar-refractivity contribution in [2.45, 2.75) is 39.8 Å². The van der Waals surface area contributed by atoms with Gasteiger partial charge in [0.2, 0.25) is 5.91 Å². The standard InChI is InChI=1S/C14H23N3O2S/c1-5-17(9-11-7-6-8-20-11)10-12(18)15-13(19)16-14(2,3)4/h6-8H,5,9-10H2,1-4H3,(H2,15,16,18,19). The van der Waals surface area contributed by atoms with Gasteiger partial charge in [0.15, 0.2) is 0 Å². The molecule has 0 spiro atoms. The van der Waals surface area contributed by atoms with Crippen LogP contribution < -0.4 is 10.6 Å². The van der Waals surface area contributed by atoms with E-state index in [2.05, 4.69) is 10.6 Å². The summed E-state index contributed by atoms with van der Waals surface area (Å²) < 4.78 is 0. The molecule has 20 heavy (non-hydrogen) atoms. The fraction of sp³-hybridized carbons (Fsp3) is 0.571. The summed E-state index contributed by atoms with van der Waals surface area (Å²) in [5.74, 6) is -0.287. The number of hydrogen-bond acceptors (Lipinski definition) is 4. The highest BCUT2D eigenvalue weighted by Gasteiger charge is 2.17. The van der Waals surface area contributed by atoms with E-state index in [-0.39, 0.29) is 18.0 Å². The average Bonchev–Trinajstić information content (AvgIpc) is 2.77. The van der Waals surface area contributed by atoms with Gasteiger partial charge in [0.25, 0.3) is 0 Å². The lowest BCUT2D eigenvalue weighted by Gasteiger charge is -2.22. The van der Waals surface area contributed by atoms with Crippen LogP contribution >= 0.6 is 11.3 Å². The van der Waals surface area contributed by atoms with Gasteiger partial charge >= 0.3 is 6.03 Å². The highest BCUT2D eigenvalue weighted by atomic mass is 32.1. The third kappa shape index (κ3) is 6.68. The largest absolute Gasteiger partial charge is 0.333 e. The van der Waals surface area contributed by atoms with Gasteiger partial charge in [-0.1, -0.05) is 13.0 Å². The Balaban J connectivity index is 2.41. The van der Waals surface area contributed by atoms with E-state index in [1.54, 1.807) is 11.3 Å². The van der Waals surface area contributed by atoms with Gasteiger partial charge in [-0.05, 0) is 38.8 Å². The molecule has 2 N–H and O–H groups in total. The molecule has 1 aromatic rings. The summed E-state index contributed by atoms with van der Waals surface area (Å²) in [5.41, 5.74) is -0.355. The predicted octanol–water partition coefficient (Wildman–Crippen LogP) is 2.19. The lowest BCUT2D eigenvalue weighted by atomic mass is 10.1. The zero-order valence-corrected chi connectivity index (χ0v) is 13.3. The molecular formula is C14H23N3O2S. The first kappa shape index (κ1) is 16.7. The predicted molar refractivity (Wildman–Crippen MR) is 81.7 cm³/mol. The van der Waals surface area contributed by atoms with Crippen LogP contribution in [0.5, 0.6) is 0 Å². The van der Waals surface area contributed by atoms with Crippen LogP contribution in [0.25, 0.3) is 0 Å². The summed E-state index contributed by atoms with van der Waals surface area (Å²) in [7, 11) is 0. The summed E-state index contributed by atoms with van der Waals surface area (Å²) in [6.45, 7) is 9.29. The van der Waals surface area contributed by atoms with Gasteiger partial charge in [-0.3, -0.25) is 15.0 Å². The first-order valence-corrected chi connectivity index (χ1v) is 7.55. The Bertz CT molecular complexity index is 438. The summed E-state index contributed by atoms with van der Waals surface area (Å²) in [6.07, 6.45) is 0. The minimum atomic E-state index is -0.449. The number of nitrogens with one attached hydrogen (secondary N) is 2. The van der Waals surface area contributed by atoms with Crippen molar-refractivity contribution in [1.29, 1.82) is 0 Å². The molecule has 112 valence electrons. The van der Waals surface area contributed by atoms with E-state index >= 15 is 0 Å². The molecule has 0 fully saturated rings. The van der Waals surface area contributed by atoms with Crippen molar-refractivity contribution in [2.75, 3.05) is 13.1 Å². The summed E-state index contributed by atoms with van der Waals surface area (Å²) in [4.78, 5) is 26.6. The second kappa shape index (κ2) is 7.40. The van der Waals surface area contributed by atoms with Crippen LogP contribution in [-0.2, 0) is 11.3 Å². The number of rotatable bonds is 5. The Morgan fingerprint density at radius 2 is 2.05 bits per heavy atom. The van der Waals surface area contributed by atoms with E-state index in [1.807, 2.05) is 50.1 Å². The van der Waals surface area contributed by atoms with Crippen LogP contribution in [0.1, 0.15) is 32.6 Å². The molecular weight excluding hydrogens is 274 g/mol. The van der Waals surface area contributed by atoms with E-state index in [0.717, 1.165) is 13.1 Å². The third-order valence-electron chi connectivity index (χ3n) is 2.52. The maximum atomic E-state index is 11.8. The third-order valence-corrected chi connectivity index (χ3v) is 3.38. The molecule has 0 aliphatic rings. The van der Waals surface area contributed by atoms with Crippen LogP contribution in [0.2, 0.25) is 0 Å². The molecule has 0 aliphatic carbocycles. The molecule has 3 amide bonds. The maximum Gasteiger partial charge on any atom is 0.321 e. The SMILES string of the molecule is CCN(CC(=O)NC(=O)NC(C)(C)C)Cc1cccs1. The van der Waals surface area contributed by atoms with Crippen LogP contribution in [0, 0.1) is 0 Å². The van der Waals surface area contributed by atoms with Crippen molar-refractivity contribution in [1.82, 2.24) is 15.5 Å². The number of carbonyl (C=O) groups is 2. The molecule has 1 aromatic heterocycles. The maximum absolute atomic E-state index is 11.8. The van der Waals surface area contributed by atoms with Gasteiger partial charge in [0.05, 0.1) is 6.54 Å². The van der Waals surface area contributed by atoms with E-state index in [4.69, 9.17) is 0 Å². The molecule has 0 aromatic carbocycles. The molecule has 0 saturated carbocycles. The molecule has 0 unspecified atom stereocenters. The fourth-order valence-electron chi connectivity index (χ4n) is 1.64. The van der Waals surface area contributed by atoms with Gasteiger partial charge in [0.1, 0.15) is 0 Å². The minimum Gasteiger partial charge on any atom is -0.333 e. The number of nitrogens with zero attached hydrogens (tertiary/aromatic N) is 1. The Morgan fingerprint density at radius 1 is 1.35 bits per heavy atom. The van der Waals surface area contributed by atoms with Gasteiger partial charge in [0, 0.05) is 17.0 Å². The van der Waals surface area contributed by atoms with Crippen molar-refractivity contribution in [2.24, 2.45) is 0 Å². The van der Waals surface area contributed by atoms with Crippen molar-refractivity contribution in [3.8, 4) is 0 Å². The van der Waals surface area contributed by atoms with Crippen molar-refractivity contribution >= 4 is 23.3 Å². The molecule has 0 atom stereocenters. The number of urea groups is 1. The fourth-order valence-corrected chi connectivity index (χ4v) is 2.39. The van der Waals surface area contributed by atoms with Gasteiger partial charge in [-0.15, -0.1) is 11.3 Å². The quantitative estimate of drug-likeness (QED) is 0.876.